The zero-order valence-electron chi connectivity index (χ0n) is 11.4. The van der Waals surface area contributed by atoms with Gasteiger partial charge >= 0.3 is 5.82 Å². The fourth-order valence-corrected chi connectivity index (χ4v) is 2.87. The molecule has 0 spiro atoms. The molecule has 0 atom stereocenters. The second-order valence-electron chi connectivity index (χ2n) is 4.33. The van der Waals surface area contributed by atoms with E-state index in [1.54, 1.807) is 25.1 Å². The lowest BCUT2D eigenvalue weighted by molar-refractivity contribution is -0.391. The molecule has 9 heteroatoms. The Morgan fingerprint density at radius 1 is 1.38 bits per heavy atom. The maximum atomic E-state index is 12.1. The van der Waals surface area contributed by atoms with E-state index < -0.39 is 15.0 Å². The highest BCUT2D eigenvalue weighted by atomic mass is 32.2. The van der Waals surface area contributed by atoms with E-state index in [1.165, 1.54) is 17.7 Å². The molecule has 0 amide bonds. The third kappa shape index (κ3) is 3.09. The Kier molecular flexibility index (Phi) is 4.05. The molecule has 1 aromatic heterocycles. The van der Waals surface area contributed by atoms with Gasteiger partial charge in [-0.05, 0) is 23.5 Å². The Morgan fingerprint density at radius 2 is 2.05 bits per heavy atom. The number of imidazole rings is 1. The van der Waals surface area contributed by atoms with Crippen molar-refractivity contribution in [3.63, 3.8) is 0 Å². The summed E-state index contributed by atoms with van der Waals surface area (Å²) in [6.45, 7) is 1.28. The van der Waals surface area contributed by atoms with Crippen LogP contribution in [0.2, 0.25) is 0 Å². The van der Waals surface area contributed by atoms with E-state index in [9.17, 15) is 18.5 Å². The third-order valence-corrected chi connectivity index (χ3v) is 4.38. The van der Waals surface area contributed by atoms with E-state index in [4.69, 9.17) is 4.18 Å². The first kappa shape index (κ1) is 15.1. The third-order valence-electron chi connectivity index (χ3n) is 2.95. The second-order valence-corrected chi connectivity index (χ2v) is 5.91. The number of aryl methyl sites for hydroxylation is 1. The number of hydrogen-bond acceptors (Lipinski definition) is 6. The Bertz CT molecular complexity index is 782. The molecule has 8 nitrogen and oxygen atoms in total. The summed E-state index contributed by atoms with van der Waals surface area (Å²) in [5.74, 6) is -0.0826. The van der Waals surface area contributed by atoms with Crippen molar-refractivity contribution in [2.24, 2.45) is 7.05 Å². The van der Waals surface area contributed by atoms with Crippen LogP contribution in [-0.4, -0.2) is 22.9 Å². The van der Waals surface area contributed by atoms with Gasteiger partial charge in [0.25, 0.3) is 10.1 Å². The number of nitrogens with zero attached hydrogens (tertiary/aromatic N) is 3. The quantitative estimate of drug-likeness (QED) is 0.471. The van der Waals surface area contributed by atoms with Crippen LogP contribution in [-0.2, 0) is 28.0 Å². The smallest absolute Gasteiger partial charge is 0.342 e. The van der Waals surface area contributed by atoms with E-state index in [2.05, 4.69) is 4.98 Å². The molecule has 0 saturated carbocycles. The summed E-state index contributed by atoms with van der Waals surface area (Å²) in [4.78, 5) is 13.9. The number of benzene rings is 1. The predicted molar refractivity (Wildman–Crippen MR) is 73.0 cm³/mol. The molecular formula is C12H13N3O5S. The van der Waals surface area contributed by atoms with Crippen molar-refractivity contribution in [2.45, 2.75) is 18.4 Å². The molecule has 0 fully saturated rings. The molecule has 0 N–H and O–H groups in total. The average Bonchev–Trinajstić information content (AvgIpc) is 2.78. The molecule has 0 radical (unpaired) electrons. The molecule has 1 aromatic carbocycles. The molecule has 2 rings (SSSR count). The summed E-state index contributed by atoms with van der Waals surface area (Å²) >= 11 is 0. The van der Waals surface area contributed by atoms with Gasteiger partial charge < -0.3 is 10.1 Å². The van der Waals surface area contributed by atoms with Gasteiger partial charge in [-0.3, -0.25) is 4.18 Å². The minimum atomic E-state index is -3.94. The van der Waals surface area contributed by atoms with Crippen LogP contribution in [0.4, 0.5) is 5.82 Å². The van der Waals surface area contributed by atoms with E-state index in [0.29, 0.717) is 5.56 Å². The standard InChI is InChI=1S/C12H13N3O5S/c1-9-5-3-4-6-10(9)21(18,19)20-8-11-13-7-12(14(11)2)15(16)17/h3-7H,8H2,1-2H3. The molecule has 2 aromatic rings. The van der Waals surface area contributed by atoms with Crippen LogP contribution < -0.4 is 0 Å². The Labute approximate surface area is 121 Å². The fraction of sp³-hybridized carbons (Fsp3) is 0.250. The van der Waals surface area contributed by atoms with E-state index in [0.717, 1.165) is 6.20 Å². The first-order chi connectivity index (χ1) is 9.83. The van der Waals surface area contributed by atoms with Crippen molar-refractivity contribution < 1.29 is 17.5 Å². The van der Waals surface area contributed by atoms with Crippen molar-refractivity contribution in [3.05, 3.63) is 52.0 Å². The molecular weight excluding hydrogens is 298 g/mol. The summed E-state index contributed by atoms with van der Waals surface area (Å²) < 4.78 is 30.3. The highest BCUT2D eigenvalue weighted by Gasteiger charge is 2.22. The molecule has 0 saturated heterocycles. The number of nitro groups is 1. The topological polar surface area (TPSA) is 104 Å². The Hall–Kier alpha value is -2.26. The molecule has 0 aliphatic heterocycles. The van der Waals surface area contributed by atoms with Crippen LogP contribution >= 0.6 is 0 Å². The van der Waals surface area contributed by atoms with Crippen molar-refractivity contribution in [1.82, 2.24) is 9.55 Å². The Balaban J connectivity index is 2.20. The number of rotatable bonds is 5. The maximum absolute atomic E-state index is 12.1. The first-order valence-electron chi connectivity index (χ1n) is 5.93. The van der Waals surface area contributed by atoms with Gasteiger partial charge in [0.2, 0.25) is 5.82 Å². The van der Waals surface area contributed by atoms with E-state index in [1.807, 2.05) is 0 Å². The van der Waals surface area contributed by atoms with Crippen LogP contribution in [0.25, 0.3) is 0 Å². The van der Waals surface area contributed by atoms with Gasteiger partial charge in [0.15, 0.2) is 0 Å². The largest absolute Gasteiger partial charge is 0.358 e. The van der Waals surface area contributed by atoms with Crippen LogP contribution in [0.3, 0.4) is 0 Å². The monoisotopic (exact) mass is 311 g/mol. The van der Waals surface area contributed by atoms with Crippen molar-refractivity contribution in [3.8, 4) is 0 Å². The lowest BCUT2D eigenvalue weighted by Gasteiger charge is -2.06. The van der Waals surface area contributed by atoms with Crippen LogP contribution in [0.15, 0.2) is 35.4 Å². The maximum Gasteiger partial charge on any atom is 0.342 e. The van der Waals surface area contributed by atoms with Crippen molar-refractivity contribution in [1.29, 1.82) is 0 Å². The number of aromatic nitrogens is 2. The van der Waals surface area contributed by atoms with Crippen LogP contribution in [0, 0.1) is 17.0 Å². The summed E-state index contributed by atoms with van der Waals surface area (Å²) in [5, 5.41) is 10.7. The van der Waals surface area contributed by atoms with Gasteiger partial charge in [-0.25, -0.2) is 9.55 Å². The fourth-order valence-electron chi connectivity index (χ4n) is 1.77. The van der Waals surface area contributed by atoms with Gasteiger partial charge in [-0.2, -0.15) is 8.42 Å². The van der Waals surface area contributed by atoms with E-state index in [-0.39, 0.29) is 23.1 Å². The SMILES string of the molecule is Cc1ccccc1S(=O)(=O)OCc1ncc([N+](=O)[O-])n1C. The van der Waals surface area contributed by atoms with Crippen LogP contribution in [0.1, 0.15) is 11.4 Å². The molecule has 112 valence electrons. The highest BCUT2D eigenvalue weighted by Crippen LogP contribution is 2.19. The van der Waals surface area contributed by atoms with Gasteiger partial charge in [0, 0.05) is 0 Å². The highest BCUT2D eigenvalue weighted by molar-refractivity contribution is 7.86. The first-order valence-corrected chi connectivity index (χ1v) is 7.34. The zero-order chi connectivity index (χ0) is 15.6. The summed E-state index contributed by atoms with van der Waals surface area (Å²) in [5.41, 5.74) is 0.559. The summed E-state index contributed by atoms with van der Waals surface area (Å²) in [6, 6.07) is 6.40. The lowest BCUT2D eigenvalue weighted by Crippen LogP contribution is -2.11. The lowest BCUT2D eigenvalue weighted by atomic mass is 10.2. The second kappa shape index (κ2) is 5.62. The molecule has 0 aliphatic rings. The molecule has 21 heavy (non-hydrogen) atoms. The Morgan fingerprint density at radius 3 is 2.62 bits per heavy atom. The van der Waals surface area contributed by atoms with Gasteiger partial charge in [0.05, 0.1) is 11.9 Å². The minimum absolute atomic E-state index is 0.0636. The van der Waals surface area contributed by atoms with Gasteiger partial charge in [-0.15, -0.1) is 0 Å². The molecule has 0 bridgehead atoms. The minimum Gasteiger partial charge on any atom is -0.358 e. The van der Waals surface area contributed by atoms with Crippen molar-refractivity contribution >= 4 is 15.9 Å². The number of hydrogen-bond donors (Lipinski definition) is 0. The molecule has 0 aliphatic carbocycles. The zero-order valence-corrected chi connectivity index (χ0v) is 12.2. The molecule has 0 unspecified atom stereocenters. The van der Waals surface area contributed by atoms with E-state index >= 15 is 0 Å². The van der Waals surface area contributed by atoms with Gasteiger partial charge in [-0.1, -0.05) is 18.2 Å². The van der Waals surface area contributed by atoms with Crippen LogP contribution in [0.5, 0.6) is 0 Å². The summed E-state index contributed by atoms with van der Waals surface area (Å²) in [6.07, 6.45) is 1.05. The van der Waals surface area contributed by atoms with Crippen molar-refractivity contribution in [2.75, 3.05) is 0 Å². The van der Waals surface area contributed by atoms with Gasteiger partial charge in [0.1, 0.15) is 12.8 Å². The molecule has 1 heterocycles. The summed E-state index contributed by atoms with van der Waals surface area (Å²) in [7, 11) is -2.52. The normalized spacial score (nSPS) is 11.5. The predicted octanol–water partition coefficient (Wildman–Crippen LogP) is 1.54. The average molecular weight is 311 g/mol.